The molecule has 1 fully saturated rings. The zero-order chi connectivity index (χ0) is 20.6. The lowest BCUT2D eigenvalue weighted by atomic mass is 9.93. The normalized spacial score (nSPS) is 14.3. The summed E-state index contributed by atoms with van der Waals surface area (Å²) in [7, 11) is 1.59. The highest BCUT2D eigenvalue weighted by atomic mass is 16.5. The van der Waals surface area contributed by atoms with Gasteiger partial charge in [0.1, 0.15) is 5.75 Å². The third-order valence-corrected chi connectivity index (χ3v) is 5.34. The number of hydrogen-bond acceptors (Lipinski definition) is 3. The molecular weight excluding hydrogens is 366 g/mol. The number of carbonyl (C=O) groups is 2. The first kappa shape index (κ1) is 20.7. The van der Waals surface area contributed by atoms with E-state index in [1.54, 1.807) is 19.2 Å². The Hall–Kier alpha value is -3.02. The van der Waals surface area contributed by atoms with Gasteiger partial charge < -0.3 is 20.3 Å². The number of nitrogens with one attached hydrogen (secondary N) is 2. The molecule has 6 heteroatoms. The van der Waals surface area contributed by atoms with Crippen LogP contribution < -0.4 is 15.4 Å². The molecule has 1 saturated heterocycles. The molecule has 2 aromatic carbocycles. The Balaban J connectivity index is 1.38. The third-order valence-electron chi connectivity index (χ3n) is 5.34. The van der Waals surface area contributed by atoms with Gasteiger partial charge >= 0.3 is 6.03 Å². The van der Waals surface area contributed by atoms with Crippen LogP contribution in [-0.4, -0.2) is 43.6 Å². The molecule has 1 aliphatic rings. The Morgan fingerprint density at radius 3 is 2.59 bits per heavy atom. The second-order valence-corrected chi connectivity index (χ2v) is 7.51. The molecule has 3 rings (SSSR count). The van der Waals surface area contributed by atoms with Gasteiger partial charge in [0, 0.05) is 30.9 Å². The van der Waals surface area contributed by atoms with Crippen LogP contribution in [0, 0.1) is 12.8 Å². The lowest BCUT2D eigenvalue weighted by molar-refractivity contribution is 0.0949. The van der Waals surface area contributed by atoms with Gasteiger partial charge in [-0.25, -0.2) is 4.79 Å². The average Bonchev–Trinajstić information content (AvgIpc) is 2.74. The zero-order valence-electron chi connectivity index (χ0n) is 17.1. The van der Waals surface area contributed by atoms with Gasteiger partial charge in [0.25, 0.3) is 5.91 Å². The highest BCUT2D eigenvalue weighted by Gasteiger charge is 2.22. The number of aryl methyl sites for hydroxylation is 1. The fraction of sp³-hybridized carbons (Fsp3) is 0.391. The van der Waals surface area contributed by atoms with E-state index in [0.29, 0.717) is 23.8 Å². The number of methoxy groups -OCH3 is 1. The summed E-state index contributed by atoms with van der Waals surface area (Å²) in [6.07, 6.45) is 2.83. The highest BCUT2D eigenvalue weighted by Crippen LogP contribution is 2.21. The minimum atomic E-state index is -0.0844. The van der Waals surface area contributed by atoms with Crippen LogP contribution in [0.4, 0.5) is 10.5 Å². The predicted octanol–water partition coefficient (Wildman–Crippen LogP) is 4.07. The lowest BCUT2D eigenvalue weighted by Crippen LogP contribution is -2.41. The second-order valence-electron chi connectivity index (χ2n) is 7.51. The van der Waals surface area contributed by atoms with E-state index in [0.717, 1.165) is 43.6 Å². The minimum Gasteiger partial charge on any atom is -0.497 e. The van der Waals surface area contributed by atoms with Crippen LogP contribution in [0.2, 0.25) is 0 Å². The monoisotopic (exact) mass is 395 g/mol. The van der Waals surface area contributed by atoms with E-state index in [4.69, 9.17) is 4.74 Å². The van der Waals surface area contributed by atoms with Crippen LogP contribution in [0.3, 0.4) is 0 Å². The minimum absolute atomic E-state index is 0.0413. The molecule has 0 saturated carbocycles. The molecule has 0 radical (unpaired) electrons. The lowest BCUT2D eigenvalue weighted by Gasteiger charge is -2.32. The van der Waals surface area contributed by atoms with Gasteiger partial charge in [-0.15, -0.1) is 0 Å². The Labute approximate surface area is 172 Å². The summed E-state index contributed by atoms with van der Waals surface area (Å²) in [5.74, 6) is 1.11. The summed E-state index contributed by atoms with van der Waals surface area (Å²) in [6.45, 7) is 4.13. The maximum atomic E-state index is 12.4. The van der Waals surface area contributed by atoms with Crippen molar-refractivity contribution in [3.8, 4) is 5.75 Å². The summed E-state index contributed by atoms with van der Waals surface area (Å²) in [4.78, 5) is 26.6. The number of ether oxygens (including phenoxy) is 1. The van der Waals surface area contributed by atoms with E-state index in [1.165, 1.54) is 0 Å². The number of rotatable bonds is 6. The molecule has 2 aromatic rings. The van der Waals surface area contributed by atoms with Crippen molar-refractivity contribution in [3.63, 3.8) is 0 Å². The summed E-state index contributed by atoms with van der Waals surface area (Å²) in [5.41, 5.74) is 2.56. The molecule has 0 atom stereocenters. The van der Waals surface area contributed by atoms with Crippen molar-refractivity contribution in [2.75, 3.05) is 32.1 Å². The van der Waals surface area contributed by atoms with Gasteiger partial charge in [0.15, 0.2) is 0 Å². The Morgan fingerprint density at radius 1 is 1.10 bits per heavy atom. The van der Waals surface area contributed by atoms with Crippen molar-refractivity contribution in [3.05, 3.63) is 59.7 Å². The molecule has 0 unspecified atom stereocenters. The quantitative estimate of drug-likeness (QED) is 0.775. The molecule has 3 amide bonds. The molecule has 29 heavy (non-hydrogen) atoms. The average molecular weight is 396 g/mol. The molecule has 2 N–H and O–H groups in total. The number of nitrogens with zero attached hydrogens (tertiary/aromatic N) is 1. The maximum absolute atomic E-state index is 12.4. The molecular formula is C23H29N3O3. The number of benzene rings is 2. The number of piperidine rings is 1. The van der Waals surface area contributed by atoms with Gasteiger partial charge in [-0.2, -0.15) is 0 Å². The number of carbonyl (C=O) groups excluding carboxylic acids is 2. The second kappa shape index (κ2) is 9.96. The third kappa shape index (κ3) is 5.98. The molecule has 154 valence electrons. The summed E-state index contributed by atoms with van der Waals surface area (Å²) in [6, 6.07) is 14.9. The Kier molecular flexibility index (Phi) is 7.11. The number of urea groups is 1. The van der Waals surface area contributed by atoms with Crippen molar-refractivity contribution in [2.24, 2.45) is 5.92 Å². The van der Waals surface area contributed by atoms with Crippen LogP contribution in [-0.2, 0) is 0 Å². The first-order chi connectivity index (χ1) is 14.0. The van der Waals surface area contributed by atoms with Crippen LogP contribution in [0.15, 0.2) is 48.5 Å². The Morgan fingerprint density at radius 2 is 1.86 bits per heavy atom. The van der Waals surface area contributed by atoms with Crippen molar-refractivity contribution < 1.29 is 14.3 Å². The van der Waals surface area contributed by atoms with Crippen LogP contribution >= 0.6 is 0 Å². The van der Waals surface area contributed by atoms with Gasteiger partial charge in [-0.1, -0.05) is 18.2 Å². The van der Waals surface area contributed by atoms with Crippen molar-refractivity contribution in [1.29, 1.82) is 0 Å². The van der Waals surface area contributed by atoms with Gasteiger partial charge in [0.05, 0.1) is 7.11 Å². The van der Waals surface area contributed by atoms with E-state index in [2.05, 4.69) is 10.6 Å². The van der Waals surface area contributed by atoms with Gasteiger partial charge in [-0.3, -0.25) is 4.79 Å². The SMILES string of the molecule is COc1cccc(C(=O)NCCC2CCN(C(=O)Nc3cccc(C)c3)CC2)c1. The van der Waals surface area contributed by atoms with E-state index < -0.39 is 0 Å². The first-order valence-corrected chi connectivity index (χ1v) is 10.1. The topological polar surface area (TPSA) is 70.7 Å². The largest absolute Gasteiger partial charge is 0.497 e. The van der Waals surface area contributed by atoms with Crippen molar-refractivity contribution >= 4 is 17.6 Å². The first-order valence-electron chi connectivity index (χ1n) is 10.1. The number of hydrogen-bond donors (Lipinski definition) is 2. The number of amides is 3. The van der Waals surface area contributed by atoms with Crippen LogP contribution in [0.5, 0.6) is 5.75 Å². The van der Waals surface area contributed by atoms with E-state index >= 15 is 0 Å². The molecule has 1 aliphatic heterocycles. The van der Waals surface area contributed by atoms with Crippen LogP contribution in [0.25, 0.3) is 0 Å². The number of anilines is 1. The Bertz CT molecular complexity index is 845. The molecule has 0 bridgehead atoms. The molecule has 0 aromatic heterocycles. The van der Waals surface area contributed by atoms with Crippen molar-refractivity contribution in [1.82, 2.24) is 10.2 Å². The van der Waals surface area contributed by atoms with Crippen LogP contribution in [0.1, 0.15) is 35.2 Å². The van der Waals surface area contributed by atoms with E-state index in [1.807, 2.05) is 48.2 Å². The molecule has 0 spiro atoms. The fourth-order valence-corrected chi connectivity index (χ4v) is 3.61. The van der Waals surface area contributed by atoms with E-state index in [-0.39, 0.29) is 11.9 Å². The van der Waals surface area contributed by atoms with Crippen molar-refractivity contribution in [2.45, 2.75) is 26.2 Å². The summed E-state index contributed by atoms with van der Waals surface area (Å²) >= 11 is 0. The van der Waals surface area contributed by atoms with Gasteiger partial charge in [0.2, 0.25) is 0 Å². The summed E-state index contributed by atoms with van der Waals surface area (Å²) in [5, 5.41) is 5.95. The number of likely N-dealkylation sites (tertiary alicyclic amines) is 1. The maximum Gasteiger partial charge on any atom is 0.321 e. The summed E-state index contributed by atoms with van der Waals surface area (Å²) < 4.78 is 5.16. The smallest absolute Gasteiger partial charge is 0.321 e. The highest BCUT2D eigenvalue weighted by molar-refractivity contribution is 5.94. The predicted molar refractivity (Wildman–Crippen MR) is 114 cm³/mol. The van der Waals surface area contributed by atoms with E-state index in [9.17, 15) is 9.59 Å². The molecule has 6 nitrogen and oxygen atoms in total. The fourth-order valence-electron chi connectivity index (χ4n) is 3.61. The molecule has 0 aliphatic carbocycles. The van der Waals surface area contributed by atoms with Gasteiger partial charge in [-0.05, 0) is 68.0 Å². The zero-order valence-corrected chi connectivity index (χ0v) is 17.1. The molecule has 1 heterocycles. The standard InChI is InChI=1S/C23H29N3O3/c1-17-5-3-7-20(15-17)25-23(28)26-13-10-18(11-14-26)9-12-24-22(27)19-6-4-8-21(16-19)29-2/h3-8,15-16,18H,9-14H2,1-2H3,(H,24,27)(H,25,28).